The van der Waals surface area contributed by atoms with Crippen molar-refractivity contribution in [2.24, 2.45) is 5.92 Å². The Morgan fingerprint density at radius 3 is 2.80 bits per heavy atom. The van der Waals surface area contributed by atoms with Crippen LogP contribution in [0, 0.1) is 12.8 Å². The molecule has 0 saturated carbocycles. The van der Waals surface area contributed by atoms with Crippen LogP contribution in [0.2, 0.25) is 0 Å². The first-order valence-corrected chi connectivity index (χ1v) is 18.4. The molecule has 1 aliphatic carbocycles. The van der Waals surface area contributed by atoms with Crippen LogP contribution < -0.4 is 5.32 Å². The second kappa shape index (κ2) is 11.5. The summed E-state index contributed by atoms with van der Waals surface area (Å²) in [7, 11) is -3.68. The summed E-state index contributed by atoms with van der Waals surface area (Å²) >= 11 is 1.48. The van der Waals surface area contributed by atoms with E-state index in [4.69, 9.17) is 14.1 Å². The standard InChI is InChI=1S/C33H35N7O4S2/c1-17(2)21-15-46(41,42)31-28(27(33-40-39-18(3)44-33)24(37-29(21)31)9-8-19-6-5-13-43-19)26-14-25-30(45-26)32(36-16-35-25)38-23-11-10-22-20(23)7-4-12-34-22/h4,7,12,14,16-17,19,21,23H,5-6,8-11,13,15H2,1-3H3,(H,35,36,38)/t19?,21-,23+/m0/s1. The van der Waals surface area contributed by atoms with Crippen LogP contribution in [0.3, 0.4) is 0 Å². The van der Waals surface area contributed by atoms with Gasteiger partial charge in [0.1, 0.15) is 12.1 Å². The molecule has 238 valence electrons. The maximum absolute atomic E-state index is 14.1. The summed E-state index contributed by atoms with van der Waals surface area (Å²) in [6, 6.07) is 6.11. The summed E-state index contributed by atoms with van der Waals surface area (Å²) in [6.45, 7) is 6.61. The fourth-order valence-electron chi connectivity index (χ4n) is 7.13. The van der Waals surface area contributed by atoms with Crippen molar-refractivity contribution in [3.05, 3.63) is 59.3 Å². The number of ether oxygens (including phenoxy) is 1. The van der Waals surface area contributed by atoms with Gasteiger partial charge in [-0.3, -0.25) is 9.97 Å². The Kier molecular flexibility index (Phi) is 7.37. The second-order valence-electron chi connectivity index (χ2n) is 12.8. The molecule has 11 nitrogen and oxygen atoms in total. The lowest BCUT2D eigenvalue weighted by molar-refractivity contribution is 0.104. The van der Waals surface area contributed by atoms with E-state index in [1.54, 1.807) is 13.3 Å². The zero-order chi connectivity index (χ0) is 31.6. The van der Waals surface area contributed by atoms with Gasteiger partial charge in [-0.1, -0.05) is 19.9 Å². The van der Waals surface area contributed by atoms with Crippen molar-refractivity contribution in [2.45, 2.75) is 82.3 Å². The fraction of sp³-hybridized carbons (Fsp3) is 0.455. The molecular weight excluding hydrogens is 623 g/mol. The highest BCUT2D eigenvalue weighted by atomic mass is 32.2. The monoisotopic (exact) mass is 657 g/mol. The molecule has 2 aliphatic heterocycles. The predicted molar refractivity (Wildman–Crippen MR) is 175 cm³/mol. The number of sulfone groups is 1. The van der Waals surface area contributed by atoms with Gasteiger partial charge in [-0.25, -0.2) is 18.4 Å². The van der Waals surface area contributed by atoms with Crippen LogP contribution in [-0.2, 0) is 27.4 Å². The second-order valence-corrected chi connectivity index (χ2v) is 15.8. The Hall–Kier alpha value is -3.81. The summed E-state index contributed by atoms with van der Waals surface area (Å²) in [5, 5.41) is 12.2. The number of nitrogens with zero attached hydrogens (tertiary/aromatic N) is 6. The molecule has 1 N–H and O–H groups in total. The van der Waals surface area contributed by atoms with Gasteiger partial charge in [-0.05, 0) is 62.1 Å². The summed E-state index contributed by atoms with van der Waals surface area (Å²) in [5.74, 6) is 1.27. The lowest BCUT2D eigenvalue weighted by atomic mass is 9.90. The number of rotatable bonds is 8. The van der Waals surface area contributed by atoms with Crippen LogP contribution in [0.15, 0.2) is 40.0 Å². The minimum atomic E-state index is -3.68. The molecule has 5 aromatic rings. The summed E-state index contributed by atoms with van der Waals surface area (Å²) in [4.78, 5) is 20.0. The van der Waals surface area contributed by atoms with E-state index in [9.17, 15) is 8.42 Å². The molecule has 46 heavy (non-hydrogen) atoms. The first-order chi connectivity index (χ1) is 22.3. The number of thiophene rings is 1. The lowest BCUT2D eigenvalue weighted by Gasteiger charge is -2.19. The van der Waals surface area contributed by atoms with Crippen LogP contribution in [0.1, 0.15) is 80.0 Å². The average molecular weight is 658 g/mol. The van der Waals surface area contributed by atoms with E-state index in [-0.39, 0.29) is 40.5 Å². The molecule has 0 radical (unpaired) electrons. The molecule has 1 fully saturated rings. The van der Waals surface area contributed by atoms with E-state index in [1.165, 1.54) is 16.9 Å². The molecular formula is C33H35N7O4S2. The quantitative estimate of drug-likeness (QED) is 0.202. The molecule has 1 saturated heterocycles. The van der Waals surface area contributed by atoms with Gasteiger partial charge >= 0.3 is 0 Å². The summed E-state index contributed by atoms with van der Waals surface area (Å²) in [5.41, 5.74) is 5.55. The molecule has 0 aromatic carbocycles. The Morgan fingerprint density at radius 1 is 1.13 bits per heavy atom. The molecule has 1 unspecified atom stereocenters. The number of nitrogens with one attached hydrogen (secondary N) is 1. The Morgan fingerprint density at radius 2 is 2.02 bits per heavy atom. The molecule has 0 amide bonds. The van der Waals surface area contributed by atoms with Gasteiger partial charge < -0.3 is 14.5 Å². The van der Waals surface area contributed by atoms with Crippen molar-refractivity contribution in [3.63, 3.8) is 0 Å². The van der Waals surface area contributed by atoms with Crippen molar-refractivity contribution < 1.29 is 17.6 Å². The number of pyridine rings is 2. The van der Waals surface area contributed by atoms with Crippen LogP contribution in [0.5, 0.6) is 0 Å². The molecule has 7 heterocycles. The third kappa shape index (κ3) is 5.08. The number of aromatic nitrogens is 6. The Labute approximate surface area is 271 Å². The molecule has 3 atom stereocenters. The van der Waals surface area contributed by atoms with Crippen molar-refractivity contribution in [3.8, 4) is 21.9 Å². The van der Waals surface area contributed by atoms with Gasteiger partial charge in [0.25, 0.3) is 0 Å². The van der Waals surface area contributed by atoms with Crippen LogP contribution >= 0.6 is 11.3 Å². The first-order valence-electron chi connectivity index (χ1n) is 15.9. The maximum atomic E-state index is 14.1. The van der Waals surface area contributed by atoms with E-state index in [0.717, 1.165) is 65.2 Å². The largest absolute Gasteiger partial charge is 0.421 e. The van der Waals surface area contributed by atoms with Crippen molar-refractivity contribution in [1.29, 1.82) is 0 Å². The van der Waals surface area contributed by atoms with Crippen LogP contribution in [-0.4, -0.2) is 57.0 Å². The average Bonchev–Trinajstić information content (AvgIpc) is 3.87. The smallest absolute Gasteiger partial charge is 0.250 e. The number of fused-ring (bicyclic) bond motifs is 3. The van der Waals surface area contributed by atoms with Gasteiger partial charge in [0.15, 0.2) is 9.84 Å². The summed E-state index contributed by atoms with van der Waals surface area (Å²) in [6.07, 6.45) is 8.75. The van der Waals surface area contributed by atoms with Gasteiger partial charge in [-0.15, -0.1) is 21.5 Å². The molecule has 8 rings (SSSR count). The first kappa shape index (κ1) is 29.6. The summed E-state index contributed by atoms with van der Waals surface area (Å²) < 4.78 is 41.0. The highest BCUT2D eigenvalue weighted by molar-refractivity contribution is 7.92. The zero-order valence-electron chi connectivity index (χ0n) is 26.0. The van der Waals surface area contributed by atoms with Crippen LogP contribution in [0.4, 0.5) is 5.82 Å². The number of aryl methyl sites for hydroxylation is 3. The number of hydrogen-bond acceptors (Lipinski definition) is 12. The third-order valence-corrected chi connectivity index (χ3v) is 12.4. The number of anilines is 1. The van der Waals surface area contributed by atoms with E-state index < -0.39 is 9.84 Å². The van der Waals surface area contributed by atoms with Gasteiger partial charge in [-0.2, -0.15) is 0 Å². The predicted octanol–water partition coefficient (Wildman–Crippen LogP) is 6.24. The Bertz CT molecular complexity index is 2070. The molecule has 3 aliphatic rings. The zero-order valence-corrected chi connectivity index (χ0v) is 27.6. The van der Waals surface area contributed by atoms with Gasteiger partial charge in [0, 0.05) is 41.8 Å². The minimum Gasteiger partial charge on any atom is -0.421 e. The Balaban J connectivity index is 1.32. The van der Waals surface area contributed by atoms with Gasteiger partial charge in [0.2, 0.25) is 11.8 Å². The van der Waals surface area contributed by atoms with E-state index in [2.05, 4.69) is 50.4 Å². The highest BCUT2D eigenvalue weighted by Crippen LogP contribution is 2.51. The minimum absolute atomic E-state index is 0.0180. The fourth-order valence-corrected chi connectivity index (χ4v) is 10.5. The highest BCUT2D eigenvalue weighted by Gasteiger charge is 2.43. The third-order valence-electron chi connectivity index (χ3n) is 9.43. The number of hydrogen-bond donors (Lipinski definition) is 1. The van der Waals surface area contributed by atoms with E-state index in [1.807, 2.05) is 18.3 Å². The molecule has 5 aromatic heterocycles. The van der Waals surface area contributed by atoms with Crippen molar-refractivity contribution >= 4 is 37.2 Å². The maximum Gasteiger partial charge on any atom is 0.250 e. The molecule has 0 bridgehead atoms. The van der Waals surface area contributed by atoms with Crippen LogP contribution in [0.25, 0.3) is 32.1 Å². The topological polar surface area (TPSA) is 146 Å². The van der Waals surface area contributed by atoms with Crippen molar-refractivity contribution in [2.75, 3.05) is 17.7 Å². The normalized spacial score (nSPS) is 21.7. The SMILES string of the molecule is Cc1nnc(-c2c(CCC3CCCO3)nc3c(c2-c2cc4ncnc(N[C@@H]5CCc6ncccc65)c4s2)S(=O)(=O)C[C@H]3C(C)C)o1. The van der Waals surface area contributed by atoms with E-state index in [0.29, 0.717) is 35.0 Å². The molecule has 13 heteroatoms. The lowest BCUT2D eigenvalue weighted by Crippen LogP contribution is -2.12. The van der Waals surface area contributed by atoms with Crippen molar-refractivity contribution in [1.82, 2.24) is 30.1 Å². The van der Waals surface area contributed by atoms with E-state index >= 15 is 0 Å². The van der Waals surface area contributed by atoms with Gasteiger partial charge in [0.05, 0.1) is 50.0 Å². The molecule has 0 spiro atoms.